The molecular weight excluding hydrogens is 306 g/mol. The molecule has 4 rings (SSSR count). The van der Waals surface area contributed by atoms with Gasteiger partial charge in [-0.15, -0.1) is 0 Å². The number of piperidine rings is 1. The number of amides is 2. The van der Waals surface area contributed by atoms with Gasteiger partial charge in [-0.05, 0) is 25.8 Å². The van der Waals surface area contributed by atoms with Crippen LogP contribution in [0.5, 0.6) is 0 Å². The van der Waals surface area contributed by atoms with Gasteiger partial charge in [0.15, 0.2) is 0 Å². The molecule has 3 aliphatic heterocycles. The van der Waals surface area contributed by atoms with Gasteiger partial charge in [0, 0.05) is 17.5 Å². The molecule has 0 bridgehead atoms. The van der Waals surface area contributed by atoms with Crippen molar-refractivity contribution in [3.8, 4) is 0 Å². The molecule has 2 amide bonds. The minimum absolute atomic E-state index is 0.0108. The zero-order chi connectivity index (χ0) is 16.1. The largest absolute Gasteiger partial charge is 0.512 e. The molecule has 0 spiro atoms. The van der Waals surface area contributed by atoms with Gasteiger partial charge in [-0.1, -0.05) is 0 Å². The molecule has 3 heterocycles. The lowest BCUT2D eigenvalue weighted by Crippen LogP contribution is -2.71. The molecule has 0 aromatic heterocycles. The summed E-state index contributed by atoms with van der Waals surface area (Å²) in [5.74, 6) is -0.230. The van der Waals surface area contributed by atoms with E-state index in [4.69, 9.17) is 14.6 Å². The number of rotatable bonds is 4. The quantitative estimate of drug-likeness (QED) is 0.492. The van der Waals surface area contributed by atoms with Crippen LogP contribution in [0.25, 0.3) is 0 Å². The number of alkyl carbamates (subject to hydrolysis) is 1. The average Bonchev–Trinajstić information content (AvgIpc) is 3.25. The van der Waals surface area contributed by atoms with Crippen molar-refractivity contribution in [3.05, 3.63) is 11.5 Å². The maximum Gasteiger partial charge on any atom is 0.512 e. The number of nitrogens with zero attached hydrogens (tertiary/aromatic N) is 1. The third kappa shape index (κ3) is 2.31. The van der Waals surface area contributed by atoms with Crippen LogP contribution < -0.4 is 10.6 Å². The minimum Gasteiger partial charge on any atom is -0.449 e. The number of β-lactam (4-membered cyclic amide) rings is 1. The highest BCUT2D eigenvalue weighted by molar-refractivity contribution is 5.93. The van der Waals surface area contributed by atoms with Crippen LogP contribution in [0.1, 0.15) is 19.3 Å². The predicted octanol–water partition coefficient (Wildman–Crippen LogP) is -0.0163. The van der Waals surface area contributed by atoms with E-state index in [1.807, 2.05) is 0 Å². The molecule has 0 aromatic rings. The van der Waals surface area contributed by atoms with Crippen molar-refractivity contribution in [3.63, 3.8) is 0 Å². The molecule has 1 aliphatic carbocycles. The average molecular weight is 323 g/mol. The Morgan fingerprint density at radius 3 is 2.83 bits per heavy atom. The summed E-state index contributed by atoms with van der Waals surface area (Å²) in [6, 6.07) is -0.269. The van der Waals surface area contributed by atoms with Gasteiger partial charge in [0.25, 0.3) is 0 Å². The van der Waals surface area contributed by atoms with E-state index in [1.165, 1.54) is 4.90 Å². The van der Waals surface area contributed by atoms with E-state index in [0.29, 0.717) is 12.1 Å². The first-order valence-electron chi connectivity index (χ1n) is 7.70. The van der Waals surface area contributed by atoms with Crippen LogP contribution >= 0.6 is 0 Å². The van der Waals surface area contributed by atoms with Crippen LogP contribution in [0, 0.1) is 5.92 Å². The summed E-state index contributed by atoms with van der Waals surface area (Å²) in [5.41, 5.74) is 0.570. The molecule has 9 heteroatoms. The molecular formula is C14H17N3O6. The SMILES string of the molecule is O=C(O)OC1=C(COC(=O)NC2CC2)C2CCN[C@@H]3C(=O)N1[C@H]23. The number of carbonyl (C=O) groups is 3. The third-order valence-corrected chi connectivity index (χ3v) is 4.76. The lowest BCUT2D eigenvalue weighted by Gasteiger charge is -2.48. The summed E-state index contributed by atoms with van der Waals surface area (Å²) in [4.78, 5) is 36.1. The van der Waals surface area contributed by atoms with Gasteiger partial charge < -0.3 is 25.2 Å². The molecule has 124 valence electrons. The highest BCUT2D eigenvalue weighted by atomic mass is 16.7. The Balaban J connectivity index is 1.52. The first-order chi connectivity index (χ1) is 11.1. The van der Waals surface area contributed by atoms with Gasteiger partial charge in [0.05, 0.1) is 6.04 Å². The summed E-state index contributed by atoms with van der Waals surface area (Å²) < 4.78 is 10.0. The Kier molecular flexibility index (Phi) is 3.19. The number of ether oxygens (including phenoxy) is 2. The third-order valence-electron chi connectivity index (χ3n) is 4.76. The van der Waals surface area contributed by atoms with Crippen molar-refractivity contribution >= 4 is 18.2 Å². The summed E-state index contributed by atoms with van der Waals surface area (Å²) in [5, 5.41) is 14.7. The van der Waals surface area contributed by atoms with Crippen LogP contribution in [0.15, 0.2) is 11.5 Å². The van der Waals surface area contributed by atoms with Crippen molar-refractivity contribution in [2.24, 2.45) is 5.92 Å². The van der Waals surface area contributed by atoms with Gasteiger partial charge >= 0.3 is 12.2 Å². The second-order valence-electron chi connectivity index (χ2n) is 6.22. The number of nitrogens with one attached hydrogen (secondary N) is 2. The molecule has 2 saturated heterocycles. The Morgan fingerprint density at radius 1 is 1.35 bits per heavy atom. The van der Waals surface area contributed by atoms with Crippen molar-refractivity contribution in [2.45, 2.75) is 37.4 Å². The van der Waals surface area contributed by atoms with E-state index in [0.717, 1.165) is 19.3 Å². The molecule has 0 aromatic carbocycles. The first kappa shape index (κ1) is 14.3. The first-order valence-corrected chi connectivity index (χ1v) is 7.70. The van der Waals surface area contributed by atoms with E-state index in [1.54, 1.807) is 0 Å². The van der Waals surface area contributed by atoms with E-state index >= 15 is 0 Å². The zero-order valence-electron chi connectivity index (χ0n) is 12.3. The summed E-state index contributed by atoms with van der Waals surface area (Å²) >= 11 is 0. The molecule has 9 nitrogen and oxygen atoms in total. The van der Waals surface area contributed by atoms with Gasteiger partial charge in [-0.2, -0.15) is 0 Å². The number of hydrogen-bond donors (Lipinski definition) is 3. The molecule has 1 saturated carbocycles. The molecule has 1 unspecified atom stereocenters. The Labute approximate surface area is 131 Å². The minimum atomic E-state index is -1.48. The van der Waals surface area contributed by atoms with Crippen LogP contribution in [0.3, 0.4) is 0 Å². The fraction of sp³-hybridized carbons (Fsp3) is 0.643. The monoisotopic (exact) mass is 323 g/mol. The number of carboxylic acid groups (broad SMARTS) is 1. The normalized spacial score (nSPS) is 31.4. The lowest BCUT2D eigenvalue weighted by atomic mass is 9.79. The molecule has 3 atom stereocenters. The van der Waals surface area contributed by atoms with Crippen LogP contribution in [-0.2, 0) is 14.3 Å². The second-order valence-corrected chi connectivity index (χ2v) is 6.22. The summed E-state index contributed by atoms with van der Waals surface area (Å²) in [7, 11) is 0. The maximum atomic E-state index is 12.1. The smallest absolute Gasteiger partial charge is 0.449 e. The van der Waals surface area contributed by atoms with Gasteiger partial charge in [0.2, 0.25) is 11.8 Å². The molecule has 3 N–H and O–H groups in total. The summed E-state index contributed by atoms with van der Waals surface area (Å²) in [6.45, 7) is 0.586. The van der Waals surface area contributed by atoms with Gasteiger partial charge in [-0.25, -0.2) is 9.59 Å². The summed E-state index contributed by atoms with van der Waals surface area (Å²) in [6.07, 6.45) is 0.626. The van der Waals surface area contributed by atoms with Crippen LogP contribution in [0.2, 0.25) is 0 Å². The highest BCUT2D eigenvalue weighted by Crippen LogP contribution is 2.46. The van der Waals surface area contributed by atoms with Crippen molar-refractivity contribution in [1.29, 1.82) is 0 Å². The molecule has 3 fully saturated rings. The molecule has 23 heavy (non-hydrogen) atoms. The standard InChI is InChI=1S/C14H17N3O6/c18-11-9-10-7(3-4-15-9)8(12(17(10)11)23-14(20)21)5-22-13(19)16-6-1-2-6/h6-7,9-10,15H,1-5H2,(H,16,19)(H,20,21)/t7?,9-,10+/m0/s1. The van der Waals surface area contributed by atoms with Crippen molar-refractivity contribution in [1.82, 2.24) is 15.5 Å². The number of carbonyl (C=O) groups excluding carboxylic acids is 2. The maximum absolute atomic E-state index is 12.1. The van der Waals surface area contributed by atoms with Gasteiger partial charge in [0.1, 0.15) is 12.6 Å². The van der Waals surface area contributed by atoms with E-state index in [2.05, 4.69) is 10.6 Å². The number of hydrogen-bond acceptors (Lipinski definition) is 6. The lowest BCUT2D eigenvalue weighted by molar-refractivity contribution is -0.152. The molecule has 4 aliphatic rings. The van der Waals surface area contributed by atoms with E-state index < -0.39 is 12.2 Å². The Morgan fingerprint density at radius 2 is 2.13 bits per heavy atom. The Hall–Kier alpha value is -2.29. The van der Waals surface area contributed by atoms with E-state index in [9.17, 15) is 14.4 Å². The second kappa shape index (κ2) is 5.12. The fourth-order valence-electron chi connectivity index (χ4n) is 3.57. The Bertz CT molecular complexity index is 614. The van der Waals surface area contributed by atoms with E-state index in [-0.39, 0.29) is 42.4 Å². The fourth-order valence-corrected chi connectivity index (χ4v) is 3.57. The highest BCUT2D eigenvalue weighted by Gasteiger charge is 2.61. The molecule has 0 radical (unpaired) electrons. The predicted molar refractivity (Wildman–Crippen MR) is 74.2 cm³/mol. The topological polar surface area (TPSA) is 117 Å². The zero-order valence-corrected chi connectivity index (χ0v) is 12.3. The van der Waals surface area contributed by atoms with Crippen molar-refractivity contribution in [2.75, 3.05) is 13.2 Å². The van der Waals surface area contributed by atoms with Crippen LogP contribution in [0.4, 0.5) is 9.59 Å². The van der Waals surface area contributed by atoms with Gasteiger partial charge in [-0.3, -0.25) is 9.69 Å². The van der Waals surface area contributed by atoms with Crippen molar-refractivity contribution < 1.29 is 29.0 Å². The van der Waals surface area contributed by atoms with Crippen LogP contribution in [-0.4, -0.2) is 59.4 Å².